The van der Waals surface area contributed by atoms with Crippen LogP contribution in [0.1, 0.15) is 46.2 Å². The van der Waals surface area contributed by atoms with Gasteiger partial charge in [0.05, 0.1) is 11.7 Å². The van der Waals surface area contributed by atoms with Crippen LogP contribution in [0.2, 0.25) is 0 Å². The first-order chi connectivity index (χ1) is 13.2. The molecular formula is C24H25FN2O. The molecule has 3 nitrogen and oxygen atoms in total. The Bertz CT molecular complexity index is 1100. The van der Waals surface area contributed by atoms with E-state index in [2.05, 4.69) is 31.8 Å². The number of aromatic amines is 1. The number of hydrogen-bond donors (Lipinski definition) is 1. The number of carbonyl (C=O) groups excluding carboxylic acids is 1. The lowest BCUT2D eigenvalue weighted by atomic mass is 9.91. The third-order valence-electron chi connectivity index (χ3n) is 5.67. The summed E-state index contributed by atoms with van der Waals surface area (Å²) in [5, 5.41) is 1.09. The second-order valence-corrected chi connectivity index (χ2v) is 8.52. The molecule has 1 amide bonds. The van der Waals surface area contributed by atoms with Crippen LogP contribution in [0, 0.1) is 5.82 Å². The SMILES string of the molecule is CC1=C(C)C(c2c(-c3ccc(F)cc3)[nH]c3ccccc23)N(C(C)(C)C)C1=O. The molecule has 0 radical (unpaired) electrons. The van der Waals surface area contributed by atoms with E-state index in [-0.39, 0.29) is 23.3 Å². The predicted octanol–water partition coefficient (Wildman–Crippen LogP) is 5.99. The summed E-state index contributed by atoms with van der Waals surface area (Å²) in [6, 6.07) is 14.5. The fourth-order valence-electron chi connectivity index (χ4n) is 4.19. The highest BCUT2D eigenvalue weighted by molar-refractivity contribution is 6.00. The summed E-state index contributed by atoms with van der Waals surface area (Å²) in [6.45, 7) is 10.1. The molecule has 4 heteroatoms. The fourth-order valence-corrected chi connectivity index (χ4v) is 4.19. The molecule has 1 unspecified atom stereocenters. The van der Waals surface area contributed by atoms with Crippen molar-refractivity contribution in [2.75, 3.05) is 0 Å². The van der Waals surface area contributed by atoms with E-state index < -0.39 is 0 Å². The van der Waals surface area contributed by atoms with Gasteiger partial charge in [0, 0.05) is 27.6 Å². The monoisotopic (exact) mass is 376 g/mol. The topological polar surface area (TPSA) is 36.1 Å². The van der Waals surface area contributed by atoms with Gasteiger partial charge >= 0.3 is 0 Å². The van der Waals surface area contributed by atoms with E-state index in [0.29, 0.717) is 0 Å². The Morgan fingerprint density at radius 2 is 1.64 bits per heavy atom. The van der Waals surface area contributed by atoms with Gasteiger partial charge in [-0.05, 0) is 76.1 Å². The maximum atomic E-state index is 13.5. The molecule has 28 heavy (non-hydrogen) atoms. The Kier molecular flexibility index (Phi) is 4.18. The van der Waals surface area contributed by atoms with Gasteiger partial charge in [0.15, 0.2) is 0 Å². The predicted molar refractivity (Wildman–Crippen MR) is 111 cm³/mol. The van der Waals surface area contributed by atoms with Gasteiger partial charge in [0.2, 0.25) is 0 Å². The van der Waals surface area contributed by atoms with Crippen LogP contribution in [0.25, 0.3) is 22.2 Å². The zero-order valence-corrected chi connectivity index (χ0v) is 16.9. The highest BCUT2D eigenvalue weighted by atomic mass is 19.1. The van der Waals surface area contributed by atoms with Crippen LogP contribution in [-0.2, 0) is 4.79 Å². The molecule has 0 saturated heterocycles. The third kappa shape index (κ3) is 2.75. The van der Waals surface area contributed by atoms with Crippen molar-refractivity contribution >= 4 is 16.8 Å². The summed E-state index contributed by atoms with van der Waals surface area (Å²) in [6.07, 6.45) is 0. The second-order valence-electron chi connectivity index (χ2n) is 8.52. The van der Waals surface area contributed by atoms with Crippen molar-refractivity contribution in [1.82, 2.24) is 9.88 Å². The van der Waals surface area contributed by atoms with Crippen molar-refractivity contribution in [3.8, 4) is 11.3 Å². The molecule has 0 aliphatic carbocycles. The quantitative estimate of drug-likeness (QED) is 0.586. The average molecular weight is 376 g/mol. The summed E-state index contributed by atoms with van der Waals surface area (Å²) < 4.78 is 13.5. The van der Waals surface area contributed by atoms with Crippen LogP contribution >= 0.6 is 0 Å². The van der Waals surface area contributed by atoms with Crippen LogP contribution in [-0.4, -0.2) is 21.3 Å². The molecule has 1 aromatic heterocycles. The number of benzene rings is 2. The Labute approximate surface area is 164 Å². The molecule has 3 aromatic rings. The van der Waals surface area contributed by atoms with Gasteiger partial charge in [-0.2, -0.15) is 0 Å². The first kappa shape index (κ1) is 18.5. The Hall–Kier alpha value is -2.88. The zero-order chi connectivity index (χ0) is 20.2. The molecule has 144 valence electrons. The third-order valence-corrected chi connectivity index (χ3v) is 5.67. The highest BCUT2D eigenvalue weighted by Gasteiger charge is 2.43. The maximum Gasteiger partial charge on any atom is 0.250 e. The smallest absolute Gasteiger partial charge is 0.250 e. The minimum absolute atomic E-state index is 0.0744. The molecule has 0 saturated carbocycles. The number of para-hydroxylation sites is 1. The van der Waals surface area contributed by atoms with Gasteiger partial charge in [0.1, 0.15) is 5.82 Å². The largest absolute Gasteiger partial charge is 0.354 e. The van der Waals surface area contributed by atoms with E-state index in [9.17, 15) is 9.18 Å². The lowest BCUT2D eigenvalue weighted by molar-refractivity contribution is -0.131. The van der Waals surface area contributed by atoms with Crippen molar-refractivity contribution in [3.05, 3.63) is 71.1 Å². The van der Waals surface area contributed by atoms with E-state index in [1.807, 2.05) is 36.9 Å². The van der Waals surface area contributed by atoms with E-state index >= 15 is 0 Å². The highest BCUT2D eigenvalue weighted by Crippen LogP contribution is 2.47. The van der Waals surface area contributed by atoms with Crippen molar-refractivity contribution in [3.63, 3.8) is 0 Å². The van der Waals surface area contributed by atoms with Gasteiger partial charge in [-0.1, -0.05) is 18.2 Å². The molecule has 1 aliphatic rings. The molecule has 0 spiro atoms. The lowest BCUT2D eigenvalue weighted by Crippen LogP contribution is -2.45. The minimum atomic E-state index is -0.334. The number of halogens is 1. The van der Waals surface area contributed by atoms with Crippen molar-refractivity contribution in [2.24, 2.45) is 0 Å². The van der Waals surface area contributed by atoms with Crippen LogP contribution in [0.15, 0.2) is 59.7 Å². The van der Waals surface area contributed by atoms with Gasteiger partial charge in [-0.25, -0.2) is 4.39 Å². The number of fused-ring (bicyclic) bond motifs is 1. The Balaban J connectivity index is 2.03. The Morgan fingerprint density at radius 3 is 2.29 bits per heavy atom. The van der Waals surface area contributed by atoms with Gasteiger partial charge < -0.3 is 9.88 Å². The number of hydrogen-bond acceptors (Lipinski definition) is 1. The van der Waals surface area contributed by atoms with E-state index in [0.717, 1.165) is 38.9 Å². The molecule has 0 bridgehead atoms. The summed E-state index contributed by atoms with van der Waals surface area (Å²) in [5.74, 6) is -0.189. The molecule has 1 atom stereocenters. The summed E-state index contributed by atoms with van der Waals surface area (Å²) >= 11 is 0. The lowest BCUT2D eigenvalue weighted by Gasteiger charge is -2.38. The normalized spacial score (nSPS) is 17.9. The fraction of sp³-hybridized carbons (Fsp3) is 0.292. The van der Waals surface area contributed by atoms with Crippen LogP contribution in [0.3, 0.4) is 0 Å². The summed E-state index contributed by atoms with van der Waals surface area (Å²) in [7, 11) is 0. The minimum Gasteiger partial charge on any atom is -0.354 e. The number of rotatable bonds is 2. The van der Waals surface area contributed by atoms with E-state index in [1.165, 1.54) is 12.1 Å². The molecule has 1 aliphatic heterocycles. The molecule has 2 aromatic carbocycles. The number of H-pyrrole nitrogens is 1. The van der Waals surface area contributed by atoms with Gasteiger partial charge in [-0.15, -0.1) is 0 Å². The van der Waals surface area contributed by atoms with Crippen molar-refractivity contribution in [1.29, 1.82) is 0 Å². The standard InChI is InChI=1S/C24H25FN2O/c1-14-15(2)23(28)27(24(3,4)5)22(14)20-18-8-6-7-9-19(18)26-21(20)16-10-12-17(25)13-11-16/h6-13,22,26H,1-5H3. The number of carbonyl (C=O) groups is 1. The average Bonchev–Trinajstić information content (AvgIpc) is 3.12. The number of nitrogens with one attached hydrogen (secondary N) is 1. The second kappa shape index (κ2) is 6.33. The van der Waals surface area contributed by atoms with E-state index in [4.69, 9.17) is 0 Å². The Morgan fingerprint density at radius 1 is 1.00 bits per heavy atom. The molecule has 4 rings (SSSR count). The molecule has 2 heterocycles. The van der Waals surface area contributed by atoms with Crippen molar-refractivity contribution in [2.45, 2.75) is 46.2 Å². The zero-order valence-electron chi connectivity index (χ0n) is 16.9. The maximum absolute atomic E-state index is 13.5. The molecule has 0 fully saturated rings. The van der Waals surface area contributed by atoms with Crippen LogP contribution in [0.5, 0.6) is 0 Å². The first-order valence-corrected chi connectivity index (χ1v) is 9.57. The summed E-state index contributed by atoms with van der Waals surface area (Å²) in [5.41, 5.74) is 5.45. The van der Waals surface area contributed by atoms with Crippen LogP contribution in [0.4, 0.5) is 4.39 Å². The van der Waals surface area contributed by atoms with Crippen molar-refractivity contribution < 1.29 is 9.18 Å². The first-order valence-electron chi connectivity index (χ1n) is 9.57. The van der Waals surface area contributed by atoms with Gasteiger partial charge in [0.25, 0.3) is 5.91 Å². The summed E-state index contributed by atoms with van der Waals surface area (Å²) in [4.78, 5) is 18.6. The van der Waals surface area contributed by atoms with Crippen LogP contribution < -0.4 is 0 Å². The molecule has 1 N–H and O–H groups in total. The number of nitrogens with zero attached hydrogens (tertiary/aromatic N) is 1. The van der Waals surface area contributed by atoms with E-state index in [1.54, 1.807) is 12.1 Å². The molecular weight excluding hydrogens is 351 g/mol. The number of amides is 1. The number of aromatic nitrogens is 1. The van der Waals surface area contributed by atoms with Gasteiger partial charge in [-0.3, -0.25) is 4.79 Å².